The van der Waals surface area contributed by atoms with Gasteiger partial charge in [-0.1, -0.05) is 6.07 Å². The number of carboxylic acid groups (broad SMARTS) is 1. The van der Waals surface area contributed by atoms with Gasteiger partial charge in [0.05, 0.1) is 12.7 Å². The summed E-state index contributed by atoms with van der Waals surface area (Å²) in [5.41, 5.74) is 7.18. The number of alkyl halides is 6. The van der Waals surface area contributed by atoms with Crippen molar-refractivity contribution in [1.82, 2.24) is 14.8 Å². The first-order valence-corrected chi connectivity index (χ1v) is 7.06. The highest BCUT2D eigenvalue weighted by molar-refractivity contribution is 5.73. The number of nitrogens with zero attached hydrogens (tertiary/aromatic N) is 3. The molecule has 27 heavy (non-hydrogen) atoms. The highest BCUT2D eigenvalue weighted by Gasteiger charge is 2.38. The van der Waals surface area contributed by atoms with Gasteiger partial charge in [-0.05, 0) is 5.56 Å². The number of carbonyl (C=O) groups is 1. The monoisotopic (exact) mass is 400 g/mol. The maximum absolute atomic E-state index is 12.0. The molecular weight excluding hydrogens is 386 g/mol. The second kappa shape index (κ2) is 9.21. The third kappa shape index (κ3) is 8.89. The summed E-state index contributed by atoms with van der Waals surface area (Å²) in [6.45, 7) is -0.479. The minimum Gasteiger partial charge on any atom is -0.475 e. The van der Waals surface area contributed by atoms with E-state index in [2.05, 4.69) is 14.8 Å². The van der Waals surface area contributed by atoms with Crippen molar-refractivity contribution >= 4 is 5.97 Å². The smallest absolute Gasteiger partial charge is 0.475 e. The fourth-order valence-corrected chi connectivity index (χ4v) is 1.53. The highest BCUT2D eigenvalue weighted by atomic mass is 19.4. The largest absolute Gasteiger partial charge is 0.490 e. The zero-order valence-corrected chi connectivity index (χ0v) is 13.5. The van der Waals surface area contributed by atoms with Gasteiger partial charge >= 0.3 is 18.3 Å². The number of ether oxygens (including phenoxy) is 1. The van der Waals surface area contributed by atoms with Gasteiger partial charge < -0.3 is 15.6 Å². The molecule has 0 aliphatic carbocycles. The summed E-state index contributed by atoms with van der Waals surface area (Å²) in [7, 11) is 0. The number of hydrogen-bond acceptors (Lipinski definition) is 5. The van der Waals surface area contributed by atoms with Gasteiger partial charge in [0.25, 0.3) is 0 Å². The van der Waals surface area contributed by atoms with Crippen LogP contribution in [0.1, 0.15) is 11.1 Å². The van der Waals surface area contributed by atoms with Crippen LogP contribution in [0.2, 0.25) is 0 Å². The van der Waals surface area contributed by atoms with Gasteiger partial charge in [-0.25, -0.2) is 9.78 Å². The molecule has 2 heterocycles. The maximum atomic E-state index is 12.0. The Hall–Kier alpha value is -2.83. The molecule has 3 N–H and O–H groups in total. The number of halogens is 6. The molecule has 150 valence electrons. The summed E-state index contributed by atoms with van der Waals surface area (Å²) in [4.78, 5) is 12.7. The van der Waals surface area contributed by atoms with E-state index in [9.17, 15) is 26.3 Å². The zero-order valence-electron chi connectivity index (χ0n) is 13.5. The van der Waals surface area contributed by atoms with E-state index in [1.54, 1.807) is 23.1 Å². The number of pyridine rings is 1. The van der Waals surface area contributed by atoms with Crippen molar-refractivity contribution in [3.05, 3.63) is 41.9 Å². The van der Waals surface area contributed by atoms with Gasteiger partial charge in [0, 0.05) is 30.6 Å². The van der Waals surface area contributed by atoms with E-state index in [1.165, 1.54) is 12.3 Å². The molecule has 0 fully saturated rings. The van der Waals surface area contributed by atoms with Crippen molar-refractivity contribution in [2.24, 2.45) is 5.73 Å². The molecule has 0 spiro atoms. The van der Waals surface area contributed by atoms with E-state index in [0.29, 0.717) is 13.1 Å². The third-order valence-corrected chi connectivity index (χ3v) is 2.69. The van der Waals surface area contributed by atoms with Crippen LogP contribution in [0.25, 0.3) is 0 Å². The lowest BCUT2D eigenvalue weighted by molar-refractivity contribution is -0.192. The van der Waals surface area contributed by atoms with Crippen molar-refractivity contribution in [2.75, 3.05) is 6.61 Å². The summed E-state index contributed by atoms with van der Waals surface area (Å²) < 4.78 is 73.8. The Morgan fingerprint density at radius 1 is 1.15 bits per heavy atom. The fourth-order valence-electron chi connectivity index (χ4n) is 1.53. The van der Waals surface area contributed by atoms with Crippen LogP contribution in [0.3, 0.4) is 0 Å². The zero-order chi connectivity index (χ0) is 20.7. The fraction of sp³-hybridized carbons (Fsp3) is 0.357. The molecule has 0 aromatic carbocycles. The summed E-state index contributed by atoms with van der Waals surface area (Å²) in [5.74, 6) is -2.82. The molecule has 2 aromatic heterocycles. The molecule has 7 nitrogen and oxygen atoms in total. The van der Waals surface area contributed by atoms with Crippen LogP contribution in [0.5, 0.6) is 5.88 Å². The van der Waals surface area contributed by atoms with E-state index in [1.807, 2.05) is 0 Å². The van der Waals surface area contributed by atoms with Crippen molar-refractivity contribution in [3.63, 3.8) is 0 Å². The van der Waals surface area contributed by atoms with Gasteiger partial charge in [0.15, 0.2) is 6.61 Å². The van der Waals surface area contributed by atoms with Gasteiger partial charge in [-0.2, -0.15) is 31.4 Å². The Morgan fingerprint density at radius 2 is 1.78 bits per heavy atom. The standard InChI is InChI=1S/C12H13F3N4O.C2HF3O2/c13-12(14,15)8-20-11-2-1-9(4-17-11)6-19-7-10(3-16)5-18-19;3-2(4,5)1(6)7/h1-2,4-5,7H,3,6,8,16H2;(H,6,7). The van der Waals surface area contributed by atoms with Crippen LogP contribution >= 0.6 is 0 Å². The first-order chi connectivity index (χ1) is 12.4. The number of carboxylic acids is 1. The Morgan fingerprint density at radius 3 is 2.19 bits per heavy atom. The molecule has 0 aliphatic rings. The first kappa shape index (κ1) is 22.2. The molecule has 13 heteroatoms. The topological polar surface area (TPSA) is 103 Å². The molecule has 0 saturated heterocycles. The number of aromatic nitrogens is 3. The van der Waals surface area contributed by atoms with E-state index < -0.39 is 24.9 Å². The Bertz CT molecular complexity index is 728. The predicted molar refractivity (Wildman–Crippen MR) is 78.7 cm³/mol. The SMILES string of the molecule is NCc1cnn(Cc2ccc(OCC(F)(F)F)nc2)c1.O=C(O)C(F)(F)F. The van der Waals surface area contributed by atoms with Crippen LogP contribution in [0.4, 0.5) is 26.3 Å². The van der Waals surface area contributed by atoms with Gasteiger partial charge in [-0.15, -0.1) is 0 Å². The summed E-state index contributed by atoms with van der Waals surface area (Å²) in [5, 5.41) is 11.2. The van der Waals surface area contributed by atoms with Crippen LogP contribution < -0.4 is 10.5 Å². The molecule has 0 atom stereocenters. The number of rotatable bonds is 5. The second-order valence-electron chi connectivity index (χ2n) is 4.96. The van der Waals surface area contributed by atoms with E-state index >= 15 is 0 Å². The lowest BCUT2D eigenvalue weighted by atomic mass is 10.3. The number of aliphatic carboxylic acids is 1. The molecule has 2 aromatic rings. The summed E-state index contributed by atoms with van der Waals surface area (Å²) in [6.07, 6.45) is -4.54. The molecule has 0 amide bonds. The third-order valence-electron chi connectivity index (χ3n) is 2.69. The molecule has 0 unspecified atom stereocenters. The van der Waals surface area contributed by atoms with E-state index in [-0.39, 0.29) is 5.88 Å². The first-order valence-electron chi connectivity index (χ1n) is 7.06. The number of nitrogens with two attached hydrogens (primary N) is 1. The molecule has 0 saturated carbocycles. The van der Waals surface area contributed by atoms with Gasteiger partial charge in [-0.3, -0.25) is 4.68 Å². The van der Waals surface area contributed by atoms with Crippen LogP contribution in [0.15, 0.2) is 30.7 Å². The van der Waals surface area contributed by atoms with Gasteiger partial charge in [0.2, 0.25) is 5.88 Å². The van der Waals surface area contributed by atoms with Crippen molar-refractivity contribution < 1.29 is 41.0 Å². The Kier molecular flexibility index (Phi) is 7.57. The normalized spacial score (nSPS) is 11.5. The lowest BCUT2D eigenvalue weighted by Gasteiger charge is -2.08. The number of hydrogen-bond donors (Lipinski definition) is 2. The molecule has 0 bridgehead atoms. The van der Waals surface area contributed by atoms with Crippen molar-refractivity contribution in [1.29, 1.82) is 0 Å². The average molecular weight is 400 g/mol. The van der Waals surface area contributed by atoms with E-state index in [0.717, 1.165) is 11.1 Å². The van der Waals surface area contributed by atoms with E-state index in [4.69, 9.17) is 15.6 Å². The second-order valence-corrected chi connectivity index (χ2v) is 4.96. The highest BCUT2D eigenvalue weighted by Crippen LogP contribution is 2.17. The van der Waals surface area contributed by atoms with Crippen LogP contribution in [-0.4, -0.2) is 44.8 Å². The summed E-state index contributed by atoms with van der Waals surface area (Å²) >= 11 is 0. The quantitative estimate of drug-likeness (QED) is 0.747. The Labute approximate surface area is 148 Å². The maximum Gasteiger partial charge on any atom is 0.490 e. The molecule has 0 radical (unpaired) electrons. The van der Waals surface area contributed by atoms with Crippen LogP contribution in [0, 0.1) is 0 Å². The Balaban J connectivity index is 0.000000445. The minimum atomic E-state index is -5.08. The van der Waals surface area contributed by atoms with Crippen molar-refractivity contribution in [2.45, 2.75) is 25.4 Å². The van der Waals surface area contributed by atoms with Crippen LogP contribution in [-0.2, 0) is 17.9 Å². The molecule has 0 aliphatic heterocycles. The lowest BCUT2D eigenvalue weighted by Crippen LogP contribution is -2.21. The van der Waals surface area contributed by atoms with Gasteiger partial charge in [0.1, 0.15) is 0 Å². The molecule has 2 rings (SSSR count). The summed E-state index contributed by atoms with van der Waals surface area (Å²) in [6, 6.07) is 3.04. The van der Waals surface area contributed by atoms with Crippen molar-refractivity contribution in [3.8, 4) is 5.88 Å². The minimum absolute atomic E-state index is 0.0609. The molecular formula is C14H14F6N4O3. The predicted octanol–water partition coefficient (Wildman–Crippen LogP) is 2.36. The average Bonchev–Trinajstić information content (AvgIpc) is 3.01.